The fourth-order valence-corrected chi connectivity index (χ4v) is 2.85. The number of epoxide rings is 1. The van der Waals surface area contributed by atoms with Gasteiger partial charge >= 0.3 is 0 Å². The van der Waals surface area contributed by atoms with Gasteiger partial charge in [0.05, 0.1) is 11.7 Å². The molecule has 2 fully saturated rings. The van der Waals surface area contributed by atoms with Gasteiger partial charge in [-0.3, -0.25) is 0 Å². The number of ether oxygens (including phenoxy) is 1. The fraction of sp³-hybridized carbons (Fsp3) is 1.00. The van der Waals surface area contributed by atoms with Crippen LogP contribution in [-0.2, 0) is 4.74 Å². The summed E-state index contributed by atoms with van der Waals surface area (Å²) in [5.74, 6) is 0.385. The van der Waals surface area contributed by atoms with Crippen molar-refractivity contribution in [2.75, 3.05) is 6.61 Å². The van der Waals surface area contributed by atoms with Crippen molar-refractivity contribution in [3.8, 4) is 0 Å². The Balaban J connectivity index is 2.03. The van der Waals surface area contributed by atoms with Crippen molar-refractivity contribution < 1.29 is 9.84 Å². The van der Waals surface area contributed by atoms with Gasteiger partial charge in [-0.2, -0.15) is 0 Å². The first-order valence-electron chi connectivity index (χ1n) is 5.62. The smallest absolute Gasteiger partial charge is 0.0998 e. The van der Waals surface area contributed by atoms with E-state index < -0.39 is 0 Å². The minimum atomic E-state index is 0.0972. The van der Waals surface area contributed by atoms with Crippen LogP contribution in [0.5, 0.6) is 0 Å². The molecule has 1 saturated heterocycles. The zero-order chi connectivity index (χ0) is 9.31. The van der Waals surface area contributed by atoms with Crippen LogP contribution >= 0.6 is 0 Å². The molecule has 2 nitrogen and oxygen atoms in total. The zero-order valence-electron chi connectivity index (χ0n) is 8.46. The lowest BCUT2D eigenvalue weighted by Crippen LogP contribution is -2.29. The van der Waals surface area contributed by atoms with Crippen molar-refractivity contribution in [3.05, 3.63) is 0 Å². The zero-order valence-corrected chi connectivity index (χ0v) is 8.46. The molecule has 0 aromatic rings. The lowest BCUT2D eigenvalue weighted by molar-refractivity contribution is 0.122. The van der Waals surface area contributed by atoms with Crippen LogP contribution in [0.4, 0.5) is 0 Å². The molecule has 0 amide bonds. The molecule has 1 N–H and O–H groups in total. The molecule has 1 aliphatic carbocycles. The summed E-state index contributed by atoms with van der Waals surface area (Å²) in [6.07, 6.45) is 7.87. The van der Waals surface area contributed by atoms with Gasteiger partial charge in [0.2, 0.25) is 0 Å². The molecule has 1 saturated carbocycles. The van der Waals surface area contributed by atoms with Gasteiger partial charge in [-0.05, 0) is 19.3 Å². The minimum absolute atomic E-state index is 0.0972. The second-order valence-corrected chi connectivity index (χ2v) is 4.45. The van der Waals surface area contributed by atoms with Gasteiger partial charge in [0, 0.05) is 12.5 Å². The molecular formula is C11H20O2. The number of hydrogen-bond donors (Lipinski definition) is 1. The third-order valence-corrected chi connectivity index (χ3v) is 3.79. The van der Waals surface area contributed by atoms with Gasteiger partial charge in [-0.15, -0.1) is 0 Å². The predicted octanol–water partition coefficient (Wildman–Crippen LogP) is 2.11. The van der Waals surface area contributed by atoms with Crippen molar-refractivity contribution in [1.29, 1.82) is 0 Å². The van der Waals surface area contributed by atoms with Gasteiger partial charge in [0.1, 0.15) is 0 Å². The number of hydrogen-bond acceptors (Lipinski definition) is 2. The maximum Gasteiger partial charge on any atom is 0.0998 e. The van der Waals surface area contributed by atoms with Crippen LogP contribution in [-0.4, -0.2) is 23.4 Å². The number of fused-ring (bicyclic) bond motifs is 1. The Kier molecular flexibility index (Phi) is 2.61. The summed E-state index contributed by atoms with van der Waals surface area (Å²) in [4.78, 5) is 0. The molecule has 0 spiro atoms. The predicted molar refractivity (Wildman–Crippen MR) is 51.6 cm³/mol. The van der Waals surface area contributed by atoms with E-state index in [-0.39, 0.29) is 5.60 Å². The van der Waals surface area contributed by atoms with Gasteiger partial charge in [0.15, 0.2) is 0 Å². The molecular weight excluding hydrogens is 164 g/mol. The molecule has 0 radical (unpaired) electrons. The van der Waals surface area contributed by atoms with Crippen LogP contribution in [0.3, 0.4) is 0 Å². The molecule has 2 rings (SSSR count). The normalized spacial score (nSPS) is 40.6. The van der Waals surface area contributed by atoms with E-state index in [1.165, 1.54) is 32.1 Å². The maximum absolute atomic E-state index is 9.28. The van der Waals surface area contributed by atoms with Crippen molar-refractivity contribution in [2.45, 2.75) is 57.2 Å². The van der Waals surface area contributed by atoms with Crippen molar-refractivity contribution in [3.63, 3.8) is 0 Å². The van der Waals surface area contributed by atoms with E-state index in [0.29, 0.717) is 18.6 Å². The molecule has 0 aromatic carbocycles. The molecule has 1 heterocycles. The molecule has 1 aliphatic heterocycles. The summed E-state index contributed by atoms with van der Waals surface area (Å²) in [6.45, 7) is 2.45. The second-order valence-electron chi connectivity index (χ2n) is 4.45. The Morgan fingerprint density at radius 2 is 2.31 bits per heavy atom. The standard InChI is InChI=1S/C11H20O2/c1-2-9(8-12)11-7-5-3-4-6-10(11)13-11/h9-10,12H,2-8H2,1H3. The summed E-state index contributed by atoms with van der Waals surface area (Å²) in [6, 6.07) is 0. The number of aliphatic hydroxyl groups is 1. The van der Waals surface area contributed by atoms with E-state index in [9.17, 15) is 5.11 Å². The average Bonchev–Trinajstić information content (AvgIpc) is 2.80. The third-order valence-electron chi connectivity index (χ3n) is 3.79. The minimum Gasteiger partial charge on any atom is -0.396 e. The molecule has 2 heteroatoms. The van der Waals surface area contributed by atoms with Crippen LogP contribution in [0.1, 0.15) is 45.4 Å². The average molecular weight is 184 g/mol. The monoisotopic (exact) mass is 184 g/mol. The van der Waals surface area contributed by atoms with Crippen LogP contribution in [0.2, 0.25) is 0 Å². The first kappa shape index (κ1) is 9.47. The van der Waals surface area contributed by atoms with Crippen LogP contribution < -0.4 is 0 Å². The van der Waals surface area contributed by atoms with E-state index in [1.807, 2.05) is 0 Å². The molecule has 2 aliphatic rings. The topological polar surface area (TPSA) is 32.8 Å². The fourth-order valence-electron chi connectivity index (χ4n) is 2.85. The SMILES string of the molecule is CCC(CO)C12CCCCCC1O2. The summed E-state index contributed by atoms with van der Waals surface area (Å²) in [5, 5.41) is 9.28. The molecule has 13 heavy (non-hydrogen) atoms. The second kappa shape index (κ2) is 3.58. The molecule has 3 atom stereocenters. The Bertz CT molecular complexity index is 177. The largest absolute Gasteiger partial charge is 0.396 e. The lowest BCUT2D eigenvalue weighted by Gasteiger charge is -2.20. The van der Waals surface area contributed by atoms with Crippen LogP contribution in [0, 0.1) is 5.92 Å². The van der Waals surface area contributed by atoms with E-state index >= 15 is 0 Å². The van der Waals surface area contributed by atoms with Crippen LogP contribution in [0.15, 0.2) is 0 Å². The summed E-state index contributed by atoms with van der Waals surface area (Å²) in [5.41, 5.74) is 0.0972. The Morgan fingerprint density at radius 3 is 3.00 bits per heavy atom. The first-order chi connectivity index (χ1) is 6.33. The molecule has 0 bridgehead atoms. The lowest BCUT2D eigenvalue weighted by atomic mass is 9.84. The number of rotatable bonds is 3. The summed E-state index contributed by atoms with van der Waals surface area (Å²) in [7, 11) is 0. The van der Waals surface area contributed by atoms with Crippen LogP contribution in [0.25, 0.3) is 0 Å². The molecule has 76 valence electrons. The van der Waals surface area contributed by atoms with Gasteiger partial charge in [-0.1, -0.05) is 26.2 Å². The Morgan fingerprint density at radius 1 is 1.46 bits per heavy atom. The highest BCUT2D eigenvalue weighted by Crippen LogP contribution is 2.52. The van der Waals surface area contributed by atoms with Crippen molar-refractivity contribution in [2.24, 2.45) is 5.92 Å². The highest BCUT2D eigenvalue weighted by Gasteiger charge is 2.59. The van der Waals surface area contributed by atoms with Crippen molar-refractivity contribution in [1.82, 2.24) is 0 Å². The Hall–Kier alpha value is -0.0800. The van der Waals surface area contributed by atoms with Gasteiger partial charge in [-0.25, -0.2) is 0 Å². The van der Waals surface area contributed by atoms with E-state index in [2.05, 4.69) is 6.92 Å². The molecule has 0 aromatic heterocycles. The van der Waals surface area contributed by atoms with Crippen molar-refractivity contribution >= 4 is 0 Å². The summed E-state index contributed by atoms with van der Waals surface area (Å²) >= 11 is 0. The summed E-state index contributed by atoms with van der Waals surface area (Å²) < 4.78 is 5.83. The van der Waals surface area contributed by atoms with E-state index in [4.69, 9.17) is 4.74 Å². The van der Waals surface area contributed by atoms with Gasteiger partial charge in [0.25, 0.3) is 0 Å². The van der Waals surface area contributed by atoms with E-state index in [1.54, 1.807) is 0 Å². The highest BCUT2D eigenvalue weighted by atomic mass is 16.6. The first-order valence-corrected chi connectivity index (χ1v) is 5.62. The third kappa shape index (κ3) is 1.50. The maximum atomic E-state index is 9.28. The van der Waals surface area contributed by atoms with E-state index in [0.717, 1.165) is 6.42 Å². The van der Waals surface area contributed by atoms with Gasteiger partial charge < -0.3 is 9.84 Å². The number of aliphatic hydroxyl groups excluding tert-OH is 1. The Labute approximate surface area is 80.3 Å². The highest BCUT2D eigenvalue weighted by molar-refractivity contribution is 5.07. The quantitative estimate of drug-likeness (QED) is 0.681. The molecule has 3 unspecified atom stereocenters.